The maximum atomic E-state index is 11.9. The van der Waals surface area contributed by atoms with Crippen LogP contribution in [0, 0.1) is 0 Å². The van der Waals surface area contributed by atoms with E-state index in [-0.39, 0.29) is 26.7 Å². The predicted octanol–water partition coefficient (Wildman–Crippen LogP) is 4.12. The van der Waals surface area contributed by atoms with Gasteiger partial charge in [-0.3, -0.25) is 4.79 Å². The Labute approximate surface area is 160 Å². The fourth-order valence-corrected chi connectivity index (χ4v) is 2.56. The summed E-state index contributed by atoms with van der Waals surface area (Å²) in [5, 5.41) is 2.72. The maximum absolute atomic E-state index is 11.9. The van der Waals surface area contributed by atoms with Crippen molar-refractivity contribution in [1.82, 2.24) is 10.3 Å². The van der Waals surface area contributed by atoms with Crippen LogP contribution in [0.25, 0.3) is 0 Å². The van der Waals surface area contributed by atoms with Crippen LogP contribution in [0.2, 0.25) is 15.1 Å². The Morgan fingerprint density at radius 3 is 2.52 bits per heavy atom. The summed E-state index contributed by atoms with van der Waals surface area (Å²) in [5.41, 5.74) is 0.910. The first-order chi connectivity index (χ1) is 11.9. The van der Waals surface area contributed by atoms with Crippen molar-refractivity contribution < 1.29 is 14.3 Å². The van der Waals surface area contributed by atoms with E-state index in [1.165, 1.54) is 6.20 Å². The molecule has 0 saturated heterocycles. The lowest BCUT2D eigenvalue weighted by molar-refractivity contribution is -0.124. The van der Waals surface area contributed by atoms with Crippen LogP contribution < -0.4 is 5.32 Å². The largest absolute Gasteiger partial charge is 0.451 e. The van der Waals surface area contributed by atoms with Crippen LogP contribution in [0.5, 0.6) is 0 Å². The van der Waals surface area contributed by atoms with E-state index < -0.39 is 18.5 Å². The van der Waals surface area contributed by atoms with Gasteiger partial charge in [-0.2, -0.15) is 0 Å². The Hall–Kier alpha value is -1.82. The fourth-order valence-electron chi connectivity index (χ4n) is 2.00. The molecule has 1 heterocycles. The van der Waals surface area contributed by atoms with Gasteiger partial charge in [0, 0.05) is 12.7 Å². The van der Waals surface area contributed by atoms with E-state index in [1.807, 2.05) is 37.3 Å². The molecule has 1 atom stereocenters. The quantitative estimate of drug-likeness (QED) is 0.739. The zero-order chi connectivity index (χ0) is 18.4. The second kappa shape index (κ2) is 9.04. The SMILES string of the molecule is CC(CNC(=O)COC(=O)c1ncc(Cl)c(Cl)c1Cl)c1ccccc1. The highest BCUT2D eigenvalue weighted by atomic mass is 35.5. The smallest absolute Gasteiger partial charge is 0.359 e. The average Bonchev–Trinajstić information content (AvgIpc) is 2.63. The molecular weight excluding hydrogens is 387 g/mol. The lowest BCUT2D eigenvalue weighted by Crippen LogP contribution is -2.31. The van der Waals surface area contributed by atoms with Crippen LogP contribution in [-0.4, -0.2) is 30.0 Å². The van der Waals surface area contributed by atoms with E-state index in [9.17, 15) is 9.59 Å². The van der Waals surface area contributed by atoms with Crippen LogP contribution in [0.1, 0.15) is 28.9 Å². The number of esters is 1. The Morgan fingerprint density at radius 2 is 1.84 bits per heavy atom. The number of pyridine rings is 1. The third-order valence-corrected chi connectivity index (χ3v) is 4.66. The molecule has 5 nitrogen and oxygen atoms in total. The van der Waals surface area contributed by atoms with Gasteiger partial charge >= 0.3 is 5.97 Å². The minimum atomic E-state index is -0.852. The lowest BCUT2D eigenvalue weighted by atomic mass is 10.0. The van der Waals surface area contributed by atoms with Crippen LogP contribution >= 0.6 is 34.8 Å². The van der Waals surface area contributed by atoms with E-state index in [2.05, 4.69) is 10.3 Å². The van der Waals surface area contributed by atoms with Gasteiger partial charge in [-0.25, -0.2) is 9.78 Å². The molecule has 0 saturated carbocycles. The van der Waals surface area contributed by atoms with Gasteiger partial charge in [-0.15, -0.1) is 0 Å². The molecule has 2 aromatic rings. The van der Waals surface area contributed by atoms with Gasteiger partial charge in [0.25, 0.3) is 5.91 Å². The molecule has 0 spiro atoms. The van der Waals surface area contributed by atoms with Gasteiger partial charge in [-0.05, 0) is 11.5 Å². The molecule has 0 aliphatic heterocycles. The number of aromatic nitrogens is 1. The standard InChI is InChI=1S/C17H15Cl3N2O3/c1-10(11-5-3-2-4-6-11)7-21-13(23)9-25-17(24)16-15(20)14(19)12(18)8-22-16/h2-6,8,10H,7,9H2,1H3,(H,21,23). The molecule has 2 rings (SSSR count). The number of benzene rings is 1. The zero-order valence-electron chi connectivity index (χ0n) is 13.3. The van der Waals surface area contributed by atoms with E-state index in [0.29, 0.717) is 6.54 Å². The Balaban J connectivity index is 1.84. The summed E-state index contributed by atoms with van der Waals surface area (Å²) in [4.78, 5) is 27.5. The average molecular weight is 402 g/mol. The van der Waals surface area contributed by atoms with Gasteiger partial charge in [0.1, 0.15) is 0 Å². The van der Waals surface area contributed by atoms with Crippen molar-refractivity contribution in [2.75, 3.05) is 13.2 Å². The number of hydrogen-bond donors (Lipinski definition) is 1. The summed E-state index contributed by atoms with van der Waals surface area (Å²) in [6.45, 7) is 1.96. The number of nitrogens with one attached hydrogen (secondary N) is 1. The predicted molar refractivity (Wildman–Crippen MR) is 97.4 cm³/mol. The lowest BCUT2D eigenvalue weighted by Gasteiger charge is -2.13. The van der Waals surface area contributed by atoms with Crippen molar-refractivity contribution in [3.05, 3.63) is 62.9 Å². The molecule has 1 N–H and O–H groups in total. The first-order valence-corrected chi connectivity index (χ1v) is 8.51. The topological polar surface area (TPSA) is 68.3 Å². The number of rotatable bonds is 6. The van der Waals surface area contributed by atoms with Gasteiger partial charge < -0.3 is 10.1 Å². The summed E-state index contributed by atoms with van der Waals surface area (Å²) in [6, 6.07) is 9.76. The molecule has 1 unspecified atom stereocenters. The van der Waals surface area contributed by atoms with E-state index >= 15 is 0 Å². The molecular formula is C17H15Cl3N2O3. The third kappa shape index (κ3) is 5.33. The van der Waals surface area contributed by atoms with Crippen LogP contribution in [0.3, 0.4) is 0 Å². The number of halogens is 3. The normalized spacial score (nSPS) is 11.7. The van der Waals surface area contributed by atoms with Crippen LogP contribution in [0.4, 0.5) is 0 Å². The summed E-state index contributed by atoms with van der Waals surface area (Å²) in [6.07, 6.45) is 1.19. The molecule has 0 radical (unpaired) electrons. The van der Waals surface area contributed by atoms with Crippen molar-refractivity contribution in [2.24, 2.45) is 0 Å². The van der Waals surface area contributed by atoms with Crippen molar-refractivity contribution in [1.29, 1.82) is 0 Å². The number of hydrogen-bond acceptors (Lipinski definition) is 4. The molecule has 25 heavy (non-hydrogen) atoms. The van der Waals surface area contributed by atoms with Gasteiger partial charge in [0.2, 0.25) is 0 Å². The molecule has 132 valence electrons. The fraction of sp³-hybridized carbons (Fsp3) is 0.235. The number of nitrogens with zero attached hydrogens (tertiary/aromatic N) is 1. The molecule has 0 bridgehead atoms. The highest BCUT2D eigenvalue weighted by molar-refractivity contribution is 6.48. The molecule has 1 amide bonds. The molecule has 8 heteroatoms. The molecule has 0 aliphatic carbocycles. The van der Waals surface area contributed by atoms with Crippen molar-refractivity contribution in [3.8, 4) is 0 Å². The summed E-state index contributed by atoms with van der Waals surface area (Å²) < 4.78 is 4.90. The number of amides is 1. The monoisotopic (exact) mass is 400 g/mol. The number of carbonyl (C=O) groups is 2. The van der Waals surface area contributed by atoms with Gasteiger partial charge in [0.15, 0.2) is 12.3 Å². The molecule has 0 aliphatic rings. The minimum absolute atomic E-state index is 0.00595. The summed E-state index contributed by atoms with van der Waals surface area (Å²) in [7, 11) is 0. The first-order valence-electron chi connectivity index (χ1n) is 7.38. The molecule has 1 aromatic carbocycles. The van der Waals surface area contributed by atoms with Crippen molar-refractivity contribution in [3.63, 3.8) is 0 Å². The third-order valence-electron chi connectivity index (χ3n) is 3.42. The van der Waals surface area contributed by atoms with Crippen molar-refractivity contribution in [2.45, 2.75) is 12.8 Å². The molecule has 1 aromatic heterocycles. The first kappa shape index (κ1) is 19.5. The van der Waals surface area contributed by atoms with Gasteiger partial charge in [-0.1, -0.05) is 72.1 Å². The van der Waals surface area contributed by atoms with Crippen LogP contribution in [-0.2, 0) is 9.53 Å². The number of ether oxygens (including phenoxy) is 1. The summed E-state index contributed by atoms with van der Waals surface area (Å²) in [5.74, 6) is -1.14. The number of carbonyl (C=O) groups excluding carboxylic acids is 2. The summed E-state index contributed by atoms with van der Waals surface area (Å²) >= 11 is 17.5. The minimum Gasteiger partial charge on any atom is -0.451 e. The Kier molecular flexibility index (Phi) is 7.05. The Morgan fingerprint density at radius 1 is 1.16 bits per heavy atom. The maximum Gasteiger partial charge on any atom is 0.359 e. The molecule has 0 fully saturated rings. The highest BCUT2D eigenvalue weighted by Gasteiger charge is 2.19. The van der Waals surface area contributed by atoms with Crippen molar-refractivity contribution >= 4 is 46.7 Å². The zero-order valence-corrected chi connectivity index (χ0v) is 15.5. The van der Waals surface area contributed by atoms with Crippen LogP contribution in [0.15, 0.2) is 36.5 Å². The van der Waals surface area contributed by atoms with E-state index in [0.717, 1.165) is 5.56 Å². The second-order valence-electron chi connectivity index (χ2n) is 5.27. The Bertz CT molecular complexity index is 769. The second-order valence-corrected chi connectivity index (χ2v) is 6.44. The van der Waals surface area contributed by atoms with E-state index in [1.54, 1.807) is 0 Å². The van der Waals surface area contributed by atoms with Gasteiger partial charge in [0.05, 0.1) is 15.1 Å². The van der Waals surface area contributed by atoms with E-state index in [4.69, 9.17) is 39.5 Å². The highest BCUT2D eigenvalue weighted by Crippen LogP contribution is 2.31.